The maximum atomic E-state index is 12.2. The van der Waals surface area contributed by atoms with Crippen molar-refractivity contribution in [1.29, 1.82) is 0 Å². The molecule has 0 N–H and O–H groups in total. The normalized spacial score (nSPS) is 12.5. The average Bonchev–Trinajstić information content (AvgIpc) is 2.85. The minimum Gasteiger partial charge on any atom is -2.00 e. The molecule has 0 saturated heterocycles. The number of allylic oxidation sites excluding steroid dienone is 1. The minimum absolute atomic E-state index is 0. The van der Waals surface area contributed by atoms with Crippen LogP contribution < -0.4 is 10.2 Å². The molecule has 1 radical (unpaired) electrons. The van der Waals surface area contributed by atoms with Crippen molar-refractivity contribution >= 4 is 46.0 Å². The molecule has 0 heterocycles. The molecule has 0 saturated carbocycles. The zero-order valence-electron chi connectivity index (χ0n) is 19.0. The second kappa shape index (κ2) is 15.4. The first kappa shape index (κ1) is 29.5. The van der Waals surface area contributed by atoms with E-state index in [1.165, 1.54) is 30.1 Å². The quantitative estimate of drug-likeness (QED) is 0.149. The first-order valence-electron chi connectivity index (χ1n) is 9.97. The van der Waals surface area contributed by atoms with E-state index in [0.29, 0.717) is 33.4 Å². The summed E-state index contributed by atoms with van der Waals surface area (Å²) >= 11 is 1.27. The number of hydrogen-bond donors (Lipinski definition) is 0. The maximum absolute atomic E-state index is 12.2. The summed E-state index contributed by atoms with van der Waals surface area (Å²) in [5.74, 6) is -0.349. The summed E-state index contributed by atoms with van der Waals surface area (Å²) in [6.07, 6.45) is 4.63. The van der Waals surface area contributed by atoms with Crippen LogP contribution in [0.2, 0.25) is 0 Å². The second-order valence-corrected chi connectivity index (χ2v) is 7.49. The Morgan fingerprint density at radius 3 is 2.14 bits per heavy atom. The number of benzene rings is 3. The van der Waals surface area contributed by atoms with Crippen molar-refractivity contribution in [3.8, 4) is 5.75 Å². The van der Waals surface area contributed by atoms with Crippen LogP contribution >= 0.6 is 11.8 Å². The van der Waals surface area contributed by atoms with Gasteiger partial charge in [-0.25, -0.2) is 4.99 Å². The van der Waals surface area contributed by atoms with Crippen molar-refractivity contribution in [2.45, 2.75) is 6.92 Å². The third-order valence-electron chi connectivity index (χ3n) is 4.22. The van der Waals surface area contributed by atoms with Gasteiger partial charge in [0.15, 0.2) is 0 Å². The largest absolute Gasteiger partial charge is 4.00 e. The van der Waals surface area contributed by atoms with E-state index in [0.717, 1.165) is 0 Å². The summed E-state index contributed by atoms with van der Waals surface area (Å²) in [5.41, 5.74) is 2.62. The van der Waals surface area contributed by atoms with E-state index in [9.17, 15) is 10.2 Å². The fourth-order valence-electron chi connectivity index (χ4n) is 2.58. The molecule has 3 rings (SSSR count). The number of azo groups is 1. The number of amidine groups is 1. The van der Waals surface area contributed by atoms with Crippen LogP contribution in [0.1, 0.15) is 18.1 Å². The van der Waals surface area contributed by atoms with Crippen molar-refractivity contribution in [3.63, 3.8) is 0 Å². The standard InChI is InChI=1S/C25H23N5O2S.O.V/c1-18(15-24(32)19-9-5-3-6-10-19)27-30-25(33-2)26-17-20-16-22(13-14-23(20)31)29-28-21-11-7-4-8-12-21;;/h3-17,31-32H,1-2H3;;/q;-2;+4/p-2/b24-15-,26-17+,27-18+,29-28?,30-25+;;. The molecule has 175 valence electrons. The molecule has 8 nitrogen and oxygen atoms in total. The summed E-state index contributed by atoms with van der Waals surface area (Å²) < 4.78 is 0. The summed E-state index contributed by atoms with van der Waals surface area (Å²) in [6, 6.07) is 22.9. The molecule has 0 aromatic heterocycles. The Morgan fingerprint density at radius 2 is 1.49 bits per heavy atom. The number of thioether (sulfide) groups is 1. The predicted molar refractivity (Wildman–Crippen MR) is 133 cm³/mol. The van der Waals surface area contributed by atoms with Gasteiger partial charge in [0.2, 0.25) is 5.17 Å². The monoisotopic (exact) mass is 522 g/mol. The molecule has 0 aliphatic carbocycles. The Hall–Kier alpha value is -3.50. The Bertz CT molecular complexity index is 1230. The van der Waals surface area contributed by atoms with Crippen molar-refractivity contribution in [1.82, 2.24) is 0 Å². The minimum atomic E-state index is -0.195. The van der Waals surface area contributed by atoms with Gasteiger partial charge < -0.3 is 15.7 Å². The molecule has 0 aliphatic rings. The fraction of sp³-hybridized carbons (Fsp3) is 0.0800. The molecule has 35 heavy (non-hydrogen) atoms. The number of hydrogen-bond acceptors (Lipinski definition) is 7. The van der Waals surface area contributed by atoms with E-state index in [2.05, 4.69) is 25.4 Å². The SMILES string of the molecule is CSC(/N=C/c1cc(N=Nc2ccccc2)ccc1[O-])=N/N=C(C)/C=C(\[O-])c1ccccc1.[O-2].[V+4]. The molecule has 0 spiro atoms. The maximum Gasteiger partial charge on any atom is 4.00 e. The molecule has 0 atom stereocenters. The van der Waals surface area contributed by atoms with E-state index >= 15 is 0 Å². The van der Waals surface area contributed by atoms with Crippen LogP contribution in [0.4, 0.5) is 11.4 Å². The Balaban J connectivity index is 0.00000306. The number of nitrogens with zero attached hydrogens (tertiary/aromatic N) is 5. The molecular formula is C25H21N5O3SV. The summed E-state index contributed by atoms with van der Waals surface area (Å²) in [7, 11) is 0. The van der Waals surface area contributed by atoms with E-state index in [1.807, 2.05) is 36.4 Å². The van der Waals surface area contributed by atoms with Crippen LogP contribution in [-0.4, -0.2) is 23.3 Å². The van der Waals surface area contributed by atoms with Gasteiger partial charge in [-0.2, -0.15) is 15.3 Å². The molecule has 0 fully saturated rings. The van der Waals surface area contributed by atoms with Crippen LogP contribution in [0.15, 0.2) is 110 Å². The molecular weight excluding hydrogens is 501 g/mol. The molecule has 10 heteroatoms. The summed E-state index contributed by atoms with van der Waals surface area (Å²) in [5, 5.41) is 41.2. The van der Waals surface area contributed by atoms with Gasteiger partial charge in [0.1, 0.15) is 0 Å². The van der Waals surface area contributed by atoms with Gasteiger partial charge >= 0.3 is 18.6 Å². The van der Waals surface area contributed by atoms with Crippen LogP contribution in [-0.2, 0) is 24.0 Å². The van der Waals surface area contributed by atoms with E-state index in [4.69, 9.17) is 0 Å². The van der Waals surface area contributed by atoms with Gasteiger partial charge in [0, 0.05) is 6.21 Å². The van der Waals surface area contributed by atoms with Gasteiger partial charge in [-0.15, -0.1) is 5.10 Å². The van der Waals surface area contributed by atoms with Crippen LogP contribution in [0.3, 0.4) is 0 Å². The van der Waals surface area contributed by atoms with Crippen LogP contribution in [0, 0.1) is 0 Å². The fourth-order valence-corrected chi connectivity index (χ4v) is 2.86. The van der Waals surface area contributed by atoms with E-state index < -0.39 is 0 Å². The average molecular weight is 522 g/mol. The first-order valence-corrected chi connectivity index (χ1v) is 11.2. The number of rotatable bonds is 6. The molecule has 0 aliphatic heterocycles. The van der Waals surface area contributed by atoms with E-state index in [1.54, 1.807) is 49.6 Å². The Kier molecular flexibility index (Phi) is 13.0. The summed E-state index contributed by atoms with van der Waals surface area (Å²) in [6.45, 7) is 1.68. The van der Waals surface area contributed by atoms with Crippen molar-refractivity contribution < 1.29 is 34.2 Å². The van der Waals surface area contributed by atoms with Gasteiger partial charge in [0.05, 0.1) is 17.1 Å². The Morgan fingerprint density at radius 1 is 0.857 bits per heavy atom. The van der Waals surface area contributed by atoms with Crippen molar-refractivity contribution in [2.24, 2.45) is 25.4 Å². The van der Waals surface area contributed by atoms with Crippen molar-refractivity contribution in [3.05, 3.63) is 96.1 Å². The Labute approximate surface area is 220 Å². The van der Waals surface area contributed by atoms with Gasteiger partial charge in [-0.1, -0.05) is 77.9 Å². The topological polar surface area (TPSA) is 136 Å². The second-order valence-electron chi connectivity index (χ2n) is 6.72. The summed E-state index contributed by atoms with van der Waals surface area (Å²) in [4.78, 5) is 4.25. The molecule has 0 unspecified atom stereocenters. The van der Waals surface area contributed by atoms with Crippen molar-refractivity contribution in [2.75, 3.05) is 6.26 Å². The number of aliphatic imine (C=N–C) groups is 1. The molecule has 3 aromatic rings. The zero-order chi connectivity index (χ0) is 23.5. The third-order valence-corrected chi connectivity index (χ3v) is 4.77. The molecule has 0 bridgehead atoms. The van der Waals surface area contributed by atoms with Crippen LogP contribution in [0.25, 0.3) is 5.76 Å². The first-order chi connectivity index (χ1) is 16.0. The zero-order valence-corrected chi connectivity index (χ0v) is 21.2. The third kappa shape index (κ3) is 9.72. The van der Waals surface area contributed by atoms with E-state index in [-0.39, 0.29) is 35.5 Å². The smallest absolute Gasteiger partial charge is 2.00 e. The van der Waals surface area contributed by atoms with Crippen LogP contribution in [0.5, 0.6) is 5.75 Å². The molecule has 0 amide bonds. The molecule has 3 aromatic carbocycles. The van der Waals surface area contributed by atoms with Gasteiger partial charge in [-0.3, -0.25) is 0 Å². The predicted octanol–water partition coefficient (Wildman–Crippen LogP) is 4.97. The van der Waals surface area contributed by atoms with Gasteiger partial charge in [0.25, 0.3) is 0 Å². The van der Waals surface area contributed by atoms with Gasteiger partial charge in [-0.05, 0) is 54.6 Å².